The van der Waals surface area contributed by atoms with Crippen LogP contribution in [0.5, 0.6) is 5.75 Å². The Kier molecular flexibility index (Phi) is 4.08. The Morgan fingerprint density at radius 3 is 2.00 bits per heavy atom. The van der Waals surface area contributed by atoms with Crippen molar-refractivity contribution in [3.05, 3.63) is 38.9 Å². The molecule has 0 amide bonds. The first-order valence-electron chi connectivity index (χ1n) is 7.61. The summed E-state index contributed by atoms with van der Waals surface area (Å²) in [5.74, 6) is -0.710. The van der Waals surface area contributed by atoms with Gasteiger partial charge in [0.05, 0.1) is 40.2 Å². The second-order valence-electron chi connectivity index (χ2n) is 5.75. The summed E-state index contributed by atoms with van der Waals surface area (Å²) in [7, 11) is 0. The standard InChI is InChI=1S/C17H17BrN4O3/c1-2-3-25-9-5-8(20)11-13(15(9)22)17(24)12-10(16(11)23)7(19)4-6(18)14(12)21/h4-5H,2-3,19-22H2,1H3. The normalized spacial score (nSPS) is 12.7. The van der Waals surface area contributed by atoms with E-state index >= 15 is 0 Å². The first-order chi connectivity index (χ1) is 11.8. The van der Waals surface area contributed by atoms with Crippen LogP contribution in [0.4, 0.5) is 22.7 Å². The van der Waals surface area contributed by atoms with Crippen molar-refractivity contribution in [2.24, 2.45) is 0 Å². The molecule has 1 aliphatic carbocycles. The van der Waals surface area contributed by atoms with Crippen LogP contribution in [0, 0.1) is 0 Å². The monoisotopic (exact) mass is 404 g/mol. The number of hydrogen-bond acceptors (Lipinski definition) is 7. The maximum atomic E-state index is 13.1. The average Bonchev–Trinajstić information content (AvgIpc) is 2.56. The van der Waals surface area contributed by atoms with Gasteiger partial charge in [0.1, 0.15) is 5.75 Å². The van der Waals surface area contributed by atoms with E-state index in [2.05, 4.69) is 15.9 Å². The summed E-state index contributed by atoms with van der Waals surface area (Å²) >= 11 is 3.25. The highest BCUT2D eigenvalue weighted by molar-refractivity contribution is 9.10. The van der Waals surface area contributed by atoms with Crippen LogP contribution in [0.2, 0.25) is 0 Å². The molecule has 2 aromatic carbocycles. The Bertz CT molecular complexity index is 940. The number of anilines is 4. The van der Waals surface area contributed by atoms with Crippen LogP contribution in [-0.4, -0.2) is 18.2 Å². The van der Waals surface area contributed by atoms with Crippen LogP contribution < -0.4 is 27.7 Å². The largest absolute Gasteiger partial charge is 0.491 e. The third-order valence-corrected chi connectivity index (χ3v) is 4.73. The Labute approximate surface area is 152 Å². The molecule has 25 heavy (non-hydrogen) atoms. The van der Waals surface area contributed by atoms with Crippen LogP contribution in [0.3, 0.4) is 0 Å². The van der Waals surface area contributed by atoms with Crippen molar-refractivity contribution in [3.8, 4) is 5.75 Å². The molecule has 1 aliphatic rings. The van der Waals surface area contributed by atoms with Gasteiger partial charge < -0.3 is 27.7 Å². The Balaban J connectivity index is 2.33. The zero-order valence-corrected chi connectivity index (χ0v) is 15.1. The van der Waals surface area contributed by atoms with Gasteiger partial charge >= 0.3 is 0 Å². The molecule has 0 fully saturated rings. The maximum Gasteiger partial charge on any atom is 0.199 e. The molecule has 0 spiro atoms. The number of benzene rings is 2. The van der Waals surface area contributed by atoms with E-state index in [4.69, 9.17) is 27.7 Å². The second-order valence-corrected chi connectivity index (χ2v) is 6.60. The van der Waals surface area contributed by atoms with Gasteiger partial charge in [0.25, 0.3) is 0 Å². The van der Waals surface area contributed by atoms with Crippen molar-refractivity contribution in [1.29, 1.82) is 0 Å². The number of nitrogens with two attached hydrogens (primary N) is 4. The smallest absolute Gasteiger partial charge is 0.199 e. The lowest BCUT2D eigenvalue weighted by Gasteiger charge is -2.24. The zero-order chi connectivity index (χ0) is 18.5. The summed E-state index contributed by atoms with van der Waals surface area (Å²) in [6.07, 6.45) is 0.753. The maximum absolute atomic E-state index is 13.1. The van der Waals surface area contributed by atoms with Crippen LogP contribution in [-0.2, 0) is 0 Å². The van der Waals surface area contributed by atoms with Crippen LogP contribution in [0.25, 0.3) is 0 Å². The number of ether oxygens (including phenoxy) is 1. The lowest BCUT2D eigenvalue weighted by atomic mass is 9.80. The minimum Gasteiger partial charge on any atom is -0.491 e. The Morgan fingerprint density at radius 2 is 1.40 bits per heavy atom. The molecule has 3 rings (SSSR count). The van der Waals surface area contributed by atoms with Gasteiger partial charge in [-0.3, -0.25) is 9.59 Å². The molecule has 0 aliphatic heterocycles. The molecule has 8 heteroatoms. The van der Waals surface area contributed by atoms with E-state index in [0.717, 1.165) is 6.42 Å². The van der Waals surface area contributed by atoms with Gasteiger partial charge in [-0.1, -0.05) is 6.92 Å². The number of carbonyl (C=O) groups excluding carboxylic acids is 2. The molecule has 7 nitrogen and oxygen atoms in total. The van der Waals surface area contributed by atoms with Gasteiger partial charge in [-0.2, -0.15) is 0 Å². The molecule has 130 valence electrons. The van der Waals surface area contributed by atoms with Gasteiger partial charge in [-0.25, -0.2) is 0 Å². The molecule has 0 saturated heterocycles. The molecule has 0 atom stereocenters. The lowest BCUT2D eigenvalue weighted by Crippen LogP contribution is -2.26. The predicted molar refractivity (Wildman–Crippen MR) is 101 cm³/mol. The van der Waals surface area contributed by atoms with Crippen molar-refractivity contribution >= 4 is 50.2 Å². The minimum absolute atomic E-state index is 0.00723. The Hall–Kier alpha value is -2.74. The second kappa shape index (κ2) is 5.96. The predicted octanol–water partition coefficient (Wildman–Crippen LogP) is 2.34. The summed E-state index contributed by atoms with van der Waals surface area (Å²) in [5.41, 5.74) is 24.7. The van der Waals surface area contributed by atoms with Crippen molar-refractivity contribution in [2.75, 3.05) is 29.5 Å². The number of fused-ring (bicyclic) bond motifs is 2. The van der Waals surface area contributed by atoms with Crippen molar-refractivity contribution in [3.63, 3.8) is 0 Å². The number of halogens is 1. The molecule has 0 unspecified atom stereocenters. The summed E-state index contributed by atoms with van der Waals surface area (Å²) in [5, 5.41) is 0. The SMILES string of the molecule is CCCOc1cc(N)c2c(c1N)C(=O)c1c(N)c(Br)cc(N)c1C2=O. The highest BCUT2D eigenvalue weighted by Gasteiger charge is 2.38. The highest BCUT2D eigenvalue weighted by atomic mass is 79.9. The third kappa shape index (κ3) is 2.41. The number of hydrogen-bond donors (Lipinski definition) is 4. The molecular weight excluding hydrogens is 388 g/mol. The van der Waals surface area contributed by atoms with Crippen LogP contribution in [0.1, 0.15) is 45.2 Å². The van der Waals surface area contributed by atoms with Crippen molar-refractivity contribution in [1.82, 2.24) is 0 Å². The molecule has 0 bridgehead atoms. The zero-order valence-electron chi connectivity index (χ0n) is 13.5. The average molecular weight is 405 g/mol. The van der Waals surface area contributed by atoms with E-state index in [9.17, 15) is 9.59 Å². The van der Waals surface area contributed by atoms with Gasteiger partial charge in [-0.15, -0.1) is 0 Å². The first kappa shape index (κ1) is 17.1. The molecule has 8 N–H and O–H groups in total. The fourth-order valence-corrected chi connectivity index (χ4v) is 3.37. The molecule has 0 saturated carbocycles. The summed E-state index contributed by atoms with van der Waals surface area (Å²) in [4.78, 5) is 26.0. The number of rotatable bonds is 3. The summed E-state index contributed by atoms with van der Waals surface area (Å²) in [6, 6.07) is 2.95. The van der Waals surface area contributed by atoms with E-state index in [-0.39, 0.29) is 50.8 Å². The quantitative estimate of drug-likeness (QED) is 0.489. The van der Waals surface area contributed by atoms with Gasteiger partial charge in [0, 0.05) is 21.9 Å². The van der Waals surface area contributed by atoms with Crippen LogP contribution >= 0.6 is 15.9 Å². The molecule has 0 radical (unpaired) electrons. The van der Waals surface area contributed by atoms with Gasteiger partial charge in [0.15, 0.2) is 11.6 Å². The number of ketones is 2. The number of carbonyl (C=O) groups is 2. The topological polar surface area (TPSA) is 147 Å². The Morgan fingerprint density at radius 1 is 0.880 bits per heavy atom. The number of nitrogen functional groups attached to an aromatic ring is 4. The molecule has 2 aromatic rings. The van der Waals surface area contributed by atoms with E-state index < -0.39 is 11.6 Å². The summed E-state index contributed by atoms with van der Waals surface area (Å²) in [6.45, 7) is 2.34. The summed E-state index contributed by atoms with van der Waals surface area (Å²) < 4.78 is 5.98. The fourth-order valence-electron chi connectivity index (χ4n) is 2.92. The molecular formula is C17H17BrN4O3. The van der Waals surface area contributed by atoms with E-state index in [1.165, 1.54) is 12.1 Å². The van der Waals surface area contributed by atoms with E-state index in [1.54, 1.807) is 0 Å². The lowest BCUT2D eigenvalue weighted by molar-refractivity contribution is 0.0981. The molecule has 0 heterocycles. The third-order valence-electron chi connectivity index (χ3n) is 4.08. The van der Waals surface area contributed by atoms with Gasteiger partial charge in [0.2, 0.25) is 0 Å². The van der Waals surface area contributed by atoms with Crippen molar-refractivity contribution < 1.29 is 14.3 Å². The first-order valence-corrected chi connectivity index (χ1v) is 8.40. The highest BCUT2D eigenvalue weighted by Crippen LogP contribution is 2.44. The minimum atomic E-state index is -0.499. The van der Waals surface area contributed by atoms with E-state index in [0.29, 0.717) is 11.1 Å². The van der Waals surface area contributed by atoms with Gasteiger partial charge in [-0.05, 0) is 28.4 Å². The molecule has 0 aromatic heterocycles. The van der Waals surface area contributed by atoms with Crippen molar-refractivity contribution in [2.45, 2.75) is 13.3 Å². The van der Waals surface area contributed by atoms with E-state index in [1.807, 2.05) is 6.92 Å². The fraction of sp³-hybridized carbons (Fsp3) is 0.176. The van der Waals surface area contributed by atoms with Crippen LogP contribution in [0.15, 0.2) is 16.6 Å².